The largest absolute Gasteiger partial charge is 0.493 e. The molecule has 2 aromatic rings. The monoisotopic (exact) mass is 389 g/mol. The van der Waals surface area contributed by atoms with Crippen LogP contribution in [0.15, 0.2) is 42.5 Å². The Balaban J connectivity index is 2.00. The van der Waals surface area contributed by atoms with Crippen LogP contribution in [0.25, 0.3) is 0 Å². The maximum Gasteiger partial charge on any atom is 0.339 e. The number of amides is 1. The third-order valence-electron chi connectivity index (χ3n) is 3.74. The highest BCUT2D eigenvalue weighted by molar-refractivity contribution is 5.97. The topological polar surface area (TPSA) is 73.9 Å². The van der Waals surface area contributed by atoms with E-state index >= 15 is 0 Å². The molecule has 0 bridgehead atoms. The van der Waals surface area contributed by atoms with Gasteiger partial charge in [-0.1, -0.05) is 13.8 Å². The number of halogens is 1. The van der Waals surface area contributed by atoms with E-state index in [4.69, 9.17) is 14.2 Å². The number of anilines is 1. The number of esters is 1. The molecular weight excluding hydrogens is 365 g/mol. The molecule has 0 spiro atoms. The Hall–Kier alpha value is -3.09. The maximum atomic E-state index is 12.9. The van der Waals surface area contributed by atoms with Crippen molar-refractivity contribution in [3.8, 4) is 11.5 Å². The van der Waals surface area contributed by atoms with E-state index in [0.717, 1.165) is 0 Å². The first-order chi connectivity index (χ1) is 13.3. The number of benzene rings is 2. The Kier molecular flexibility index (Phi) is 7.37. The van der Waals surface area contributed by atoms with Gasteiger partial charge in [0.1, 0.15) is 5.82 Å². The molecule has 0 radical (unpaired) electrons. The Morgan fingerprint density at radius 2 is 1.71 bits per heavy atom. The second-order valence-corrected chi connectivity index (χ2v) is 6.61. The minimum absolute atomic E-state index is 0.232. The fourth-order valence-corrected chi connectivity index (χ4v) is 2.23. The average Bonchev–Trinajstić information content (AvgIpc) is 2.67. The smallest absolute Gasteiger partial charge is 0.339 e. The predicted molar refractivity (Wildman–Crippen MR) is 103 cm³/mol. The van der Waals surface area contributed by atoms with Gasteiger partial charge in [0.05, 0.1) is 19.3 Å². The average molecular weight is 389 g/mol. The van der Waals surface area contributed by atoms with Crippen molar-refractivity contribution in [2.75, 3.05) is 19.0 Å². The summed E-state index contributed by atoms with van der Waals surface area (Å²) in [5, 5.41) is 2.56. The summed E-state index contributed by atoms with van der Waals surface area (Å²) < 4.78 is 29.0. The zero-order valence-electron chi connectivity index (χ0n) is 16.3. The molecule has 1 amide bonds. The number of hydrogen-bond donors (Lipinski definition) is 1. The predicted octanol–water partition coefficient (Wildman–Crippen LogP) is 4.05. The van der Waals surface area contributed by atoms with Crippen molar-refractivity contribution >= 4 is 17.6 Å². The van der Waals surface area contributed by atoms with E-state index in [-0.39, 0.29) is 5.56 Å². The lowest BCUT2D eigenvalue weighted by molar-refractivity contribution is -0.123. The van der Waals surface area contributed by atoms with Gasteiger partial charge in [0.15, 0.2) is 17.6 Å². The van der Waals surface area contributed by atoms with Gasteiger partial charge in [-0.05, 0) is 55.3 Å². The molecule has 0 saturated carbocycles. The minimum atomic E-state index is -1.04. The summed E-state index contributed by atoms with van der Waals surface area (Å²) in [7, 11) is 1.48. The van der Waals surface area contributed by atoms with Crippen LogP contribution in [-0.2, 0) is 9.53 Å². The molecule has 0 saturated heterocycles. The first-order valence-electron chi connectivity index (χ1n) is 8.88. The lowest BCUT2D eigenvalue weighted by atomic mass is 10.2. The molecule has 0 aliphatic heterocycles. The molecule has 7 heteroatoms. The van der Waals surface area contributed by atoms with Crippen LogP contribution in [0.4, 0.5) is 10.1 Å². The lowest BCUT2D eigenvalue weighted by Crippen LogP contribution is -2.30. The maximum absolute atomic E-state index is 12.9. The zero-order valence-corrected chi connectivity index (χ0v) is 16.3. The molecule has 1 N–H and O–H groups in total. The first-order valence-corrected chi connectivity index (χ1v) is 8.88. The highest BCUT2D eigenvalue weighted by Gasteiger charge is 2.20. The van der Waals surface area contributed by atoms with E-state index < -0.39 is 23.8 Å². The van der Waals surface area contributed by atoms with Gasteiger partial charge in [0.25, 0.3) is 5.91 Å². The molecule has 0 aliphatic carbocycles. The van der Waals surface area contributed by atoms with Crippen LogP contribution in [0.3, 0.4) is 0 Å². The Bertz CT molecular complexity index is 820. The molecule has 2 aromatic carbocycles. The number of hydrogen-bond acceptors (Lipinski definition) is 5. The number of rotatable bonds is 8. The summed E-state index contributed by atoms with van der Waals surface area (Å²) in [5.74, 6) is -0.338. The zero-order chi connectivity index (χ0) is 20.7. The number of ether oxygens (including phenoxy) is 3. The number of carbonyl (C=O) groups excluding carboxylic acids is 2. The number of nitrogens with one attached hydrogen (secondary N) is 1. The van der Waals surface area contributed by atoms with Crippen LogP contribution in [0.1, 0.15) is 31.1 Å². The summed E-state index contributed by atoms with van der Waals surface area (Å²) in [4.78, 5) is 24.5. The third-order valence-corrected chi connectivity index (χ3v) is 3.74. The van der Waals surface area contributed by atoms with Crippen molar-refractivity contribution in [2.24, 2.45) is 5.92 Å². The van der Waals surface area contributed by atoms with Crippen LogP contribution < -0.4 is 14.8 Å². The molecule has 28 heavy (non-hydrogen) atoms. The van der Waals surface area contributed by atoms with Crippen molar-refractivity contribution in [1.29, 1.82) is 0 Å². The van der Waals surface area contributed by atoms with Gasteiger partial charge in [-0.3, -0.25) is 4.79 Å². The SMILES string of the molecule is COc1cc(C(=O)O[C@@H](C)C(=O)Nc2ccc(F)cc2)ccc1OCC(C)C. The quantitative estimate of drug-likeness (QED) is 0.690. The Morgan fingerprint density at radius 3 is 2.32 bits per heavy atom. The van der Waals surface area contributed by atoms with Crippen molar-refractivity contribution in [1.82, 2.24) is 0 Å². The van der Waals surface area contributed by atoms with Gasteiger partial charge in [0, 0.05) is 5.69 Å². The van der Waals surface area contributed by atoms with Gasteiger partial charge < -0.3 is 19.5 Å². The van der Waals surface area contributed by atoms with Crippen LogP contribution in [-0.4, -0.2) is 31.7 Å². The molecule has 0 aromatic heterocycles. The molecule has 150 valence electrons. The van der Waals surface area contributed by atoms with Crippen molar-refractivity contribution in [3.05, 3.63) is 53.8 Å². The van der Waals surface area contributed by atoms with Crippen LogP contribution in [0.5, 0.6) is 11.5 Å². The fourth-order valence-electron chi connectivity index (χ4n) is 2.23. The van der Waals surface area contributed by atoms with Gasteiger partial charge in [-0.25, -0.2) is 9.18 Å². The van der Waals surface area contributed by atoms with Crippen molar-refractivity contribution in [3.63, 3.8) is 0 Å². The van der Waals surface area contributed by atoms with E-state index in [0.29, 0.717) is 29.7 Å². The molecule has 1 atom stereocenters. The molecule has 0 aliphatic rings. The normalized spacial score (nSPS) is 11.6. The third kappa shape index (κ3) is 5.97. The van der Waals surface area contributed by atoms with E-state index in [1.54, 1.807) is 12.1 Å². The number of methoxy groups -OCH3 is 1. The highest BCUT2D eigenvalue weighted by atomic mass is 19.1. The second-order valence-electron chi connectivity index (χ2n) is 6.61. The standard InChI is InChI=1S/C21H24FNO5/c1-13(2)12-27-18-10-5-15(11-19(18)26-4)21(25)28-14(3)20(24)23-17-8-6-16(22)7-9-17/h5-11,13-14H,12H2,1-4H3,(H,23,24)/t14-/m0/s1. The summed E-state index contributed by atoms with van der Waals surface area (Å²) >= 11 is 0. The van der Waals surface area contributed by atoms with Gasteiger partial charge >= 0.3 is 5.97 Å². The van der Waals surface area contributed by atoms with Gasteiger partial charge in [-0.15, -0.1) is 0 Å². The van der Waals surface area contributed by atoms with Gasteiger partial charge in [-0.2, -0.15) is 0 Å². The van der Waals surface area contributed by atoms with Crippen molar-refractivity contribution < 1.29 is 28.2 Å². The summed E-state index contributed by atoms with van der Waals surface area (Å²) in [6.45, 7) is 6.02. The van der Waals surface area contributed by atoms with Crippen molar-refractivity contribution in [2.45, 2.75) is 26.9 Å². The summed E-state index contributed by atoms with van der Waals surface area (Å²) in [6.07, 6.45) is -1.04. The van der Waals surface area contributed by atoms with E-state index in [9.17, 15) is 14.0 Å². The highest BCUT2D eigenvalue weighted by Crippen LogP contribution is 2.29. The van der Waals surface area contributed by atoms with E-state index in [2.05, 4.69) is 5.32 Å². The molecular formula is C21H24FNO5. The van der Waals surface area contributed by atoms with E-state index in [1.165, 1.54) is 44.4 Å². The first kappa shape index (κ1) is 21.2. The number of carbonyl (C=O) groups is 2. The molecule has 0 fully saturated rings. The van der Waals surface area contributed by atoms with Crippen LogP contribution in [0, 0.1) is 11.7 Å². The molecule has 0 heterocycles. The van der Waals surface area contributed by atoms with Gasteiger partial charge in [0.2, 0.25) is 0 Å². The van der Waals surface area contributed by atoms with Crippen LogP contribution >= 0.6 is 0 Å². The molecule has 2 rings (SSSR count). The molecule has 6 nitrogen and oxygen atoms in total. The van der Waals surface area contributed by atoms with Crippen LogP contribution in [0.2, 0.25) is 0 Å². The second kappa shape index (κ2) is 9.73. The lowest BCUT2D eigenvalue weighted by Gasteiger charge is -2.15. The van der Waals surface area contributed by atoms with E-state index in [1.807, 2.05) is 13.8 Å². The Labute approximate surface area is 163 Å². The Morgan fingerprint density at radius 1 is 1.04 bits per heavy atom. The summed E-state index contributed by atoms with van der Waals surface area (Å²) in [5.41, 5.74) is 0.637. The minimum Gasteiger partial charge on any atom is -0.493 e. The summed E-state index contributed by atoms with van der Waals surface area (Å²) in [6, 6.07) is 9.96. The fraction of sp³-hybridized carbons (Fsp3) is 0.333. The molecule has 0 unspecified atom stereocenters.